The van der Waals surface area contributed by atoms with Gasteiger partial charge in [0.05, 0.1) is 17.0 Å². The fraction of sp³-hybridized carbons (Fsp3) is 0.619. The van der Waals surface area contributed by atoms with Gasteiger partial charge in [0.2, 0.25) is 5.91 Å². The lowest BCUT2D eigenvalue weighted by atomic mass is 9.90. The van der Waals surface area contributed by atoms with Gasteiger partial charge in [0.15, 0.2) is 9.73 Å². The molecular weight excluding hydrogens is 480 g/mol. The number of carbonyl (C=O) groups excluding carboxylic acids is 2. The van der Waals surface area contributed by atoms with Crippen molar-refractivity contribution in [2.75, 3.05) is 32.8 Å². The minimum Gasteiger partial charge on any atom is -0.366 e. The summed E-state index contributed by atoms with van der Waals surface area (Å²) < 4.78 is 77.5. The summed E-state index contributed by atoms with van der Waals surface area (Å²) in [7, 11) is -5.14. The molecule has 0 saturated carbocycles. The fourth-order valence-electron chi connectivity index (χ4n) is 4.77. The minimum absolute atomic E-state index is 0.00291. The number of alkyl halides is 3. The first-order valence-electron chi connectivity index (χ1n) is 11.0. The van der Waals surface area contributed by atoms with Gasteiger partial charge in [0, 0.05) is 26.2 Å². The van der Waals surface area contributed by atoms with E-state index in [0.29, 0.717) is 51.5 Å². The second-order valence-corrected chi connectivity index (χ2v) is 11.0. The number of nitrogens with zero attached hydrogens (tertiary/aromatic N) is 2. The average molecular weight is 507 g/mol. The second kappa shape index (κ2) is 9.33. The molecule has 13 heteroatoms. The molecule has 34 heavy (non-hydrogen) atoms. The summed E-state index contributed by atoms with van der Waals surface area (Å²) >= 11 is 0. The molecule has 1 aromatic rings. The van der Waals surface area contributed by atoms with E-state index in [0.717, 1.165) is 12.1 Å². The number of amides is 3. The van der Waals surface area contributed by atoms with Gasteiger partial charge in [-0.2, -0.15) is 13.2 Å². The quantitative estimate of drug-likeness (QED) is 0.616. The van der Waals surface area contributed by atoms with Crippen molar-refractivity contribution in [1.82, 2.24) is 15.1 Å². The molecule has 3 aliphatic rings. The first-order chi connectivity index (χ1) is 15.9. The van der Waals surface area contributed by atoms with E-state index in [2.05, 4.69) is 5.32 Å². The molecule has 3 atom stereocenters. The van der Waals surface area contributed by atoms with Gasteiger partial charge in [-0.3, -0.25) is 4.79 Å². The molecule has 3 amide bonds. The van der Waals surface area contributed by atoms with Crippen LogP contribution in [-0.2, 0) is 25.7 Å². The second-order valence-electron chi connectivity index (χ2n) is 8.97. The molecule has 8 nitrogen and oxygen atoms in total. The standard InChI is InChI=1S/C21H26F4N4O4S/c22-15-8-14(9-16(10-15)34(26,32)21(23,24)25)7-13-1-4-28(5-2-13)20(31)29-6-3-18-17(11-29)27-19(30)12-33-18/h8-10,13,17-18,26H,1-7,11-12H2,(H,27,30)/t17-,18+,34?/m1/s1. The average Bonchev–Trinajstić information content (AvgIpc) is 2.77. The Balaban J connectivity index is 1.34. The van der Waals surface area contributed by atoms with Crippen LogP contribution in [0.5, 0.6) is 0 Å². The van der Waals surface area contributed by atoms with Crippen molar-refractivity contribution in [3.05, 3.63) is 29.6 Å². The van der Waals surface area contributed by atoms with Crippen LogP contribution < -0.4 is 5.32 Å². The van der Waals surface area contributed by atoms with Gasteiger partial charge >= 0.3 is 11.5 Å². The fourth-order valence-corrected chi connectivity index (χ4v) is 5.64. The lowest BCUT2D eigenvalue weighted by Gasteiger charge is -2.43. The summed E-state index contributed by atoms with van der Waals surface area (Å²) in [5, 5.41) is 2.86. The summed E-state index contributed by atoms with van der Waals surface area (Å²) in [6.07, 6.45) is 1.95. The highest BCUT2D eigenvalue weighted by Crippen LogP contribution is 2.33. The van der Waals surface area contributed by atoms with Crippen LogP contribution in [0.15, 0.2) is 23.1 Å². The predicted octanol–water partition coefficient (Wildman–Crippen LogP) is 2.71. The van der Waals surface area contributed by atoms with Crippen molar-refractivity contribution >= 4 is 21.7 Å². The van der Waals surface area contributed by atoms with Crippen LogP contribution in [0.25, 0.3) is 0 Å². The number of halogens is 4. The largest absolute Gasteiger partial charge is 0.483 e. The zero-order valence-electron chi connectivity index (χ0n) is 18.3. The Morgan fingerprint density at radius 3 is 2.50 bits per heavy atom. The van der Waals surface area contributed by atoms with Crippen LogP contribution in [0.2, 0.25) is 0 Å². The van der Waals surface area contributed by atoms with Crippen LogP contribution in [0, 0.1) is 16.5 Å². The Morgan fingerprint density at radius 1 is 1.15 bits per heavy atom. The molecule has 1 unspecified atom stereocenters. The lowest BCUT2D eigenvalue weighted by Crippen LogP contribution is -2.62. The molecule has 4 rings (SSSR count). The molecule has 3 fully saturated rings. The first-order valence-corrected chi connectivity index (χ1v) is 12.6. The summed E-state index contributed by atoms with van der Waals surface area (Å²) in [6.45, 7) is 1.80. The Labute approximate surface area is 194 Å². The molecular formula is C21H26F4N4O4S. The number of nitrogens with one attached hydrogen (secondary N) is 2. The number of urea groups is 1. The Morgan fingerprint density at radius 2 is 1.82 bits per heavy atom. The number of carbonyl (C=O) groups is 2. The third-order valence-electron chi connectivity index (χ3n) is 6.59. The van der Waals surface area contributed by atoms with Gasteiger partial charge in [-0.15, -0.1) is 0 Å². The van der Waals surface area contributed by atoms with E-state index in [9.17, 15) is 31.4 Å². The normalized spacial score (nSPS) is 25.9. The van der Waals surface area contributed by atoms with Crippen LogP contribution in [0.1, 0.15) is 24.8 Å². The number of hydrogen-bond acceptors (Lipinski definition) is 5. The predicted molar refractivity (Wildman–Crippen MR) is 113 cm³/mol. The summed E-state index contributed by atoms with van der Waals surface area (Å²) in [5.74, 6) is -1.16. The molecule has 3 heterocycles. The highest BCUT2D eigenvalue weighted by atomic mass is 32.2. The van der Waals surface area contributed by atoms with Crippen LogP contribution >= 0.6 is 0 Å². The molecule has 0 bridgehead atoms. The van der Waals surface area contributed by atoms with Gasteiger partial charge in [-0.05, 0) is 55.4 Å². The summed E-state index contributed by atoms with van der Waals surface area (Å²) in [4.78, 5) is 27.0. The molecule has 3 aliphatic heterocycles. The van der Waals surface area contributed by atoms with E-state index < -0.39 is 26.0 Å². The van der Waals surface area contributed by atoms with Crippen molar-refractivity contribution in [1.29, 1.82) is 4.78 Å². The Hall–Kier alpha value is -2.41. The van der Waals surface area contributed by atoms with Crippen molar-refractivity contribution in [2.24, 2.45) is 5.92 Å². The zero-order valence-corrected chi connectivity index (χ0v) is 19.1. The Kier molecular flexibility index (Phi) is 6.78. The SMILES string of the molecule is N=S(=O)(c1cc(F)cc(CC2CCN(C(=O)N3CC[C@@H]4OCC(=O)N[C@@H]4C3)CC2)c1)C(F)(F)F. The third-order valence-corrected chi connectivity index (χ3v) is 8.14. The van der Waals surface area contributed by atoms with Crippen LogP contribution in [-0.4, -0.2) is 76.4 Å². The first kappa shape index (κ1) is 24.7. The molecule has 0 spiro atoms. The molecule has 0 aliphatic carbocycles. The lowest BCUT2D eigenvalue weighted by molar-refractivity contribution is -0.139. The summed E-state index contributed by atoms with van der Waals surface area (Å²) in [5.41, 5.74) is -5.04. The molecule has 2 N–H and O–H groups in total. The number of benzene rings is 1. The van der Waals surface area contributed by atoms with Crippen molar-refractivity contribution in [3.63, 3.8) is 0 Å². The molecule has 1 aromatic carbocycles. The number of hydrogen-bond donors (Lipinski definition) is 2. The van der Waals surface area contributed by atoms with Gasteiger partial charge in [-0.1, -0.05) is 0 Å². The van der Waals surface area contributed by atoms with Crippen LogP contribution in [0.4, 0.5) is 22.4 Å². The highest BCUT2D eigenvalue weighted by Gasteiger charge is 2.43. The monoisotopic (exact) mass is 506 g/mol. The van der Waals surface area contributed by atoms with E-state index in [1.807, 2.05) is 0 Å². The van der Waals surface area contributed by atoms with Crippen molar-refractivity contribution < 1.29 is 36.1 Å². The Bertz CT molecular complexity index is 1060. The molecule has 188 valence electrons. The number of piperidine rings is 2. The van der Waals surface area contributed by atoms with Gasteiger partial charge in [-0.25, -0.2) is 18.2 Å². The van der Waals surface area contributed by atoms with Gasteiger partial charge < -0.3 is 19.9 Å². The van der Waals surface area contributed by atoms with E-state index in [1.165, 1.54) is 0 Å². The molecule has 0 aromatic heterocycles. The number of ether oxygens (including phenoxy) is 1. The van der Waals surface area contributed by atoms with Gasteiger partial charge in [0.1, 0.15) is 12.4 Å². The number of rotatable bonds is 3. The molecule has 3 saturated heterocycles. The number of fused-ring (bicyclic) bond motifs is 1. The third kappa shape index (κ3) is 5.14. The zero-order chi connectivity index (χ0) is 24.7. The highest BCUT2D eigenvalue weighted by molar-refractivity contribution is 7.93. The van der Waals surface area contributed by atoms with Crippen molar-refractivity contribution in [3.8, 4) is 0 Å². The maximum Gasteiger partial charge on any atom is 0.483 e. The molecule has 0 radical (unpaired) electrons. The van der Waals surface area contributed by atoms with E-state index >= 15 is 0 Å². The van der Waals surface area contributed by atoms with E-state index in [1.54, 1.807) is 9.80 Å². The minimum atomic E-state index is -5.29. The van der Waals surface area contributed by atoms with Gasteiger partial charge in [0.25, 0.3) is 0 Å². The number of morpholine rings is 1. The van der Waals surface area contributed by atoms with E-state index in [4.69, 9.17) is 9.52 Å². The van der Waals surface area contributed by atoms with Crippen molar-refractivity contribution in [2.45, 2.75) is 48.2 Å². The number of likely N-dealkylation sites (tertiary alicyclic amines) is 2. The maximum atomic E-state index is 13.9. The van der Waals surface area contributed by atoms with E-state index in [-0.39, 0.29) is 48.6 Å². The smallest absolute Gasteiger partial charge is 0.366 e. The van der Waals surface area contributed by atoms with Crippen LogP contribution in [0.3, 0.4) is 0 Å². The topological polar surface area (TPSA) is 103 Å². The maximum absolute atomic E-state index is 13.9. The summed E-state index contributed by atoms with van der Waals surface area (Å²) in [6, 6.07) is 2.22.